The Morgan fingerprint density at radius 3 is 2.48 bits per heavy atom. The number of nitrogens with one attached hydrogen (secondary N) is 1. The van der Waals surface area contributed by atoms with Crippen LogP contribution in [0.4, 0.5) is 4.79 Å². The summed E-state index contributed by atoms with van der Waals surface area (Å²) in [5.74, 6) is -0.203. The van der Waals surface area contributed by atoms with E-state index in [0.717, 1.165) is 10.0 Å². The molecule has 0 unspecified atom stereocenters. The van der Waals surface area contributed by atoms with Crippen molar-refractivity contribution in [3.8, 4) is 0 Å². The van der Waals surface area contributed by atoms with E-state index in [2.05, 4.69) is 21.2 Å². The van der Waals surface area contributed by atoms with Crippen LogP contribution in [-0.4, -0.2) is 53.3 Å². The van der Waals surface area contributed by atoms with E-state index >= 15 is 0 Å². The molecule has 2 aliphatic rings. The molecule has 0 aliphatic carbocycles. The number of hydrogen-bond donors (Lipinski definition) is 1. The third-order valence-corrected chi connectivity index (χ3v) is 4.26. The smallest absolute Gasteiger partial charge is 0.324 e. The van der Waals surface area contributed by atoms with Gasteiger partial charge in [0.05, 0.1) is 19.0 Å². The first-order chi connectivity index (χ1) is 10.0. The predicted molar refractivity (Wildman–Crippen MR) is 78.5 cm³/mol. The first-order valence-corrected chi connectivity index (χ1v) is 7.46. The maximum absolute atomic E-state index is 12.1. The van der Waals surface area contributed by atoms with Crippen molar-refractivity contribution in [1.82, 2.24) is 15.1 Å². The highest BCUT2D eigenvalue weighted by Crippen LogP contribution is 2.19. The summed E-state index contributed by atoms with van der Waals surface area (Å²) in [7, 11) is 0. The van der Waals surface area contributed by atoms with Crippen LogP contribution >= 0.6 is 15.9 Å². The van der Waals surface area contributed by atoms with Crippen molar-refractivity contribution >= 4 is 33.8 Å². The molecule has 21 heavy (non-hydrogen) atoms. The van der Waals surface area contributed by atoms with E-state index in [1.165, 1.54) is 4.90 Å². The van der Waals surface area contributed by atoms with Gasteiger partial charge in [0.25, 0.3) is 0 Å². The molecule has 0 aromatic heterocycles. The van der Waals surface area contributed by atoms with Gasteiger partial charge >= 0.3 is 6.03 Å². The number of nitrogens with zero attached hydrogens (tertiary/aromatic N) is 2. The zero-order chi connectivity index (χ0) is 15.0. The van der Waals surface area contributed by atoms with Crippen LogP contribution in [0.2, 0.25) is 0 Å². The fraction of sp³-hybridized carbons (Fsp3) is 0.357. The van der Waals surface area contributed by atoms with Gasteiger partial charge in [0.15, 0.2) is 0 Å². The van der Waals surface area contributed by atoms with E-state index in [-0.39, 0.29) is 30.4 Å². The number of likely N-dealkylation sites (tertiary alicyclic amines) is 1. The van der Waals surface area contributed by atoms with Crippen LogP contribution in [0, 0.1) is 0 Å². The van der Waals surface area contributed by atoms with Crippen molar-refractivity contribution in [1.29, 1.82) is 0 Å². The van der Waals surface area contributed by atoms with Crippen LogP contribution in [0.25, 0.3) is 0 Å². The Bertz CT molecular complexity index is 580. The van der Waals surface area contributed by atoms with E-state index in [1.54, 1.807) is 4.90 Å². The van der Waals surface area contributed by atoms with Gasteiger partial charge in [-0.15, -0.1) is 0 Å². The summed E-state index contributed by atoms with van der Waals surface area (Å²) in [6.45, 7) is 0.908. The van der Waals surface area contributed by atoms with Gasteiger partial charge in [-0.05, 0) is 17.7 Å². The van der Waals surface area contributed by atoms with Crippen LogP contribution in [0.1, 0.15) is 5.56 Å². The number of hydrogen-bond acceptors (Lipinski definition) is 3. The molecule has 0 bridgehead atoms. The SMILES string of the molecule is O=C(Cc1ccc(Br)cc1)N1CC(N2C(=O)CNC2=O)C1. The predicted octanol–water partition coefficient (Wildman–Crippen LogP) is 0.754. The summed E-state index contributed by atoms with van der Waals surface area (Å²) in [4.78, 5) is 38.1. The van der Waals surface area contributed by atoms with Gasteiger partial charge in [-0.25, -0.2) is 4.79 Å². The zero-order valence-corrected chi connectivity index (χ0v) is 12.8. The fourth-order valence-electron chi connectivity index (χ4n) is 2.52. The Kier molecular flexibility index (Phi) is 3.67. The summed E-state index contributed by atoms with van der Waals surface area (Å²) in [5.41, 5.74) is 0.946. The summed E-state index contributed by atoms with van der Waals surface area (Å²) >= 11 is 3.35. The van der Waals surface area contributed by atoms with Gasteiger partial charge < -0.3 is 10.2 Å². The molecule has 2 aliphatic heterocycles. The summed E-state index contributed by atoms with van der Waals surface area (Å²) in [6.07, 6.45) is 0.333. The van der Waals surface area contributed by atoms with Crippen LogP contribution in [-0.2, 0) is 16.0 Å². The Balaban J connectivity index is 1.54. The van der Waals surface area contributed by atoms with Crippen LogP contribution < -0.4 is 5.32 Å². The van der Waals surface area contributed by atoms with Crippen molar-refractivity contribution in [3.05, 3.63) is 34.3 Å². The molecule has 4 amide bonds. The number of urea groups is 1. The van der Waals surface area contributed by atoms with Gasteiger partial charge in [-0.3, -0.25) is 14.5 Å². The number of halogens is 1. The molecule has 7 heteroatoms. The average Bonchev–Trinajstić information content (AvgIpc) is 2.72. The Morgan fingerprint density at radius 1 is 1.24 bits per heavy atom. The van der Waals surface area contributed by atoms with Crippen molar-refractivity contribution < 1.29 is 14.4 Å². The monoisotopic (exact) mass is 351 g/mol. The highest BCUT2D eigenvalue weighted by molar-refractivity contribution is 9.10. The lowest BCUT2D eigenvalue weighted by molar-refractivity contribution is -0.141. The highest BCUT2D eigenvalue weighted by Gasteiger charge is 2.42. The minimum Gasteiger partial charge on any atom is -0.338 e. The normalized spacial score (nSPS) is 18.7. The number of amides is 4. The fourth-order valence-corrected chi connectivity index (χ4v) is 2.78. The number of benzene rings is 1. The molecule has 1 aromatic rings. The topological polar surface area (TPSA) is 69.7 Å². The van der Waals surface area contributed by atoms with E-state index in [0.29, 0.717) is 19.5 Å². The molecule has 2 heterocycles. The van der Waals surface area contributed by atoms with Gasteiger partial charge in [0.2, 0.25) is 11.8 Å². The third kappa shape index (κ3) is 2.78. The van der Waals surface area contributed by atoms with Crippen LogP contribution in [0.5, 0.6) is 0 Å². The first kappa shape index (κ1) is 14.1. The maximum atomic E-state index is 12.1. The molecule has 0 atom stereocenters. The minimum absolute atomic E-state index is 0.0145. The Morgan fingerprint density at radius 2 is 1.90 bits per heavy atom. The molecule has 2 fully saturated rings. The molecule has 6 nitrogen and oxygen atoms in total. The maximum Gasteiger partial charge on any atom is 0.324 e. The Labute approximate surface area is 130 Å². The van der Waals surface area contributed by atoms with Gasteiger partial charge in [-0.1, -0.05) is 28.1 Å². The molecule has 3 rings (SSSR count). The second-order valence-electron chi connectivity index (χ2n) is 5.18. The zero-order valence-electron chi connectivity index (χ0n) is 11.2. The highest BCUT2D eigenvalue weighted by atomic mass is 79.9. The van der Waals surface area contributed by atoms with Gasteiger partial charge in [0.1, 0.15) is 0 Å². The molecule has 1 aromatic carbocycles. The van der Waals surface area contributed by atoms with E-state index < -0.39 is 0 Å². The van der Waals surface area contributed by atoms with Gasteiger partial charge in [0, 0.05) is 17.6 Å². The standard InChI is InChI=1S/C14H14BrN3O3/c15-10-3-1-9(2-4-10)5-12(19)17-7-11(8-17)18-13(20)6-16-14(18)21/h1-4,11H,5-8H2,(H,16,21). The third-order valence-electron chi connectivity index (χ3n) is 3.73. The van der Waals surface area contributed by atoms with Crippen molar-refractivity contribution in [2.75, 3.05) is 19.6 Å². The molecule has 2 saturated heterocycles. The minimum atomic E-state index is -0.356. The second kappa shape index (κ2) is 5.48. The first-order valence-electron chi connectivity index (χ1n) is 6.66. The number of carbonyl (C=O) groups excluding carboxylic acids is 3. The van der Waals surface area contributed by atoms with Crippen LogP contribution in [0.3, 0.4) is 0 Å². The lowest BCUT2D eigenvalue weighted by Gasteiger charge is -2.42. The Hall–Kier alpha value is -1.89. The molecule has 0 spiro atoms. The number of rotatable bonds is 3. The average molecular weight is 352 g/mol. The molecular formula is C14H14BrN3O3. The second-order valence-corrected chi connectivity index (χ2v) is 6.09. The van der Waals surface area contributed by atoms with Crippen molar-refractivity contribution in [2.45, 2.75) is 12.5 Å². The number of carbonyl (C=O) groups is 3. The molecule has 1 N–H and O–H groups in total. The molecule has 110 valence electrons. The molecule has 0 radical (unpaired) electrons. The molecule has 0 saturated carbocycles. The lowest BCUT2D eigenvalue weighted by atomic mass is 10.0. The number of imide groups is 1. The quantitative estimate of drug-likeness (QED) is 0.817. The summed E-state index contributed by atoms with van der Waals surface area (Å²) in [6, 6.07) is 7.05. The van der Waals surface area contributed by atoms with E-state index in [4.69, 9.17) is 0 Å². The summed E-state index contributed by atoms with van der Waals surface area (Å²) < 4.78 is 0.973. The van der Waals surface area contributed by atoms with Gasteiger partial charge in [-0.2, -0.15) is 0 Å². The van der Waals surface area contributed by atoms with Crippen molar-refractivity contribution in [2.24, 2.45) is 0 Å². The van der Waals surface area contributed by atoms with E-state index in [9.17, 15) is 14.4 Å². The molecular weight excluding hydrogens is 338 g/mol. The summed E-state index contributed by atoms with van der Waals surface area (Å²) in [5, 5.41) is 2.49. The lowest BCUT2D eigenvalue weighted by Crippen LogP contribution is -2.62. The van der Waals surface area contributed by atoms with Crippen molar-refractivity contribution in [3.63, 3.8) is 0 Å². The largest absolute Gasteiger partial charge is 0.338 e. The van der Waals surface area contributed by atoms with Crippen LogP contribution in [0.15, 0.2) is 28.7 Å². The van der Waals surface area contributed by atoms with E-state index in [1.807, 2.05) is 24.3 Å².